The highest BCUT2D eigenvalue weighted by Gasteiger charge is 2.34. The summed E-state index contributed by atoms with van der Waals surface area (Å²) in [6, 6.07) is 12.3. The van der Waals surface area contributed by atoms with E-state index in [9.17, 15) is 0 Å². The number of rotatable bonds is 10. The van der Waals surface area contributed by atoms with Gasteiger partial charge < -0.3 is 14.4 Å². The van der Waals surface area contributed by atoms with Gasteiger partial charge >= 0.3 is 0 Å². The Morgan fingerprint density at radius 2 is 1.53 bits per heavy atom. The van der Waals surface area contributed by atoms with Crippen molar-refractivity contribution >= 4 is 19.6 Å². The van der Waals surface area contributed by atoms with Gasteiger partial charge in [-0.2, -0.15) is 0 Å². The van der Waals surface area contributed by atoms with E-state index in [4.69, 9.17) is 9.47 Å². The Morgan fingerprint density at radius 3 is 2.03 bits per heavy atom. The predicted molar refractivity (Wildman–Crippen MR) is 152 cm³/mol. The van der Waals surface area contributed by atoms with Gasteiger partial charge in [-0.1, -0.05) is 73.0 Å². The van der Waals surface area contributed by atoms with E-state index in [0.29, 0.717) is 20.7 Å². The zero-order valence-corrected chi connectivity index (χ0v) is 24.7. The SMILES string of the molecule is CCC(C)(Pc1c(C)cccc1N(C(C)C)C(C)C)c1cc(C)cc(C(C)(C)C)c1OCOC. The molecule has 0 aromatic heterocycles. The standard InChI is InChI=1S/C30H48NO2P/c1-13-30(11,25-18-22(6)17-24(29(8,9)10)27(25)33-19-32-12)34-28-23(7)15-14-16-26(28)31(20(2)3)21(4)5/h14-18,20-21,34H,13,19H2,1-12H3. The van der Waals surface area contributed by atoms with Gasteiger partial charge in [0.1, 0.15) is 5.75 Å². The lowest BCUT2D eigenvalue weighted by molar-refractivity contribution is 0.0487. The topological polar surface area (TPSA) is 21.7 Å². The molecule has 0 radical (unpaired) electrons. The average molecular weight is 486 g/mol. The highest BCUT2D eigenvalue weighted by Crippen LogP contribution is 2.51. The predicted octanol–water partition coefficient (Wildman–Crippen LogP) is 7.84. The van der Waals surface area contributed by atoms with E-state index in [0.717, 1.165) is 12.2 Å². The first-order valence-electron chi connectivity index (χ1n) is 12.7. The summed E-state index contributed by atoms with van der Waals surface area (Å²) in [5.74, 6) is 0.997. The number of benzene rings is 2. The van der Waals surface area contributed by atoms with Crippen LogP contribution in [0.5, 0.6) is 5.75 Å². The summed E-state index contributed by atoms with van der Waals surface area (Å²) in [7, 11) is 2.31. The van der Waals surface area contributed by atoms with Crippen LogP contribution in [0.2, 0.25) is 0 Å². The molecule has 0 bridgehead atoms. The Balaban J connectivity index is 2.76. The number of anilines is 1. The second-order valence-corrected chi connectivity index (χ2v) is 13.2. The number of methoxy groups -OCH3 is 1. The minimum Gasteiger partial charge on any atom is -0.467 e. The smallest absolute Gasteiger partial charge is 0.188 e. The number of hydrogen-bond acceptors (Lipinski definition) is 3. The molecule has 0 aliphatic heterocycles. The van der Waals surface area contributed by atoms with Crippen molar-refractivity contribution in [2.45, 2.75) is 105 Å². The van der Waals surface area contributed by atoms with Crippen LogP contribution in [-0.4, -0.2) is 26.0 Å². The average Bonchev–Trinajstić information content (AvgIpc) is 2.73. The second kappa shape index (κ2) is 11.4. The summed E-state index contributed by atoms with van der Waals surface area (Å²) >= 11 is 0. The van der Waals surface area contributed by atoms with Crippen LogP contribution in [0.25, 0.3) is 0 Å². The summed E-state index contributed by atoms with van der Waals surface area (Å²) in [5.41, 5.74) is 6.54. The van der Waals surface area contributed by atoms with Gasteiger partial charge in [-0.05, 0) is 70.3 Å². The van der Waals surface area contributed by atoms with Crippen LogP contribution in [-0.2, 0) is 15.3 Å². The van der Waals surface area contributed by atoms with Crippen molar-refractivity contribution in [3.8, 4) is 5.75 Å². The minimum absolute atomic E-state index is 0.0263. The van der Waals surface area contributed by atoms with Crippen LogP contribution in [0.4, 0.5) is 5.69 Å². The molecule has 2 aromatic rings. The molecule has 2 aromatic carbocycles. The van der Waals surface area contributed by atoms with Crippen molar-refractivity contribution in [1.82, 2.24) is 0 Å². The van der Waals surface area contributed by atoms with Crippen molar-refractivity contribution in [3.05, 3.63) is 52.6 Å². The highest BCUT2D eigenvalue weighted by atomic mass is 31.1. The minimum atomic E-state index is -0.0599. The van der Waals surface area contributed by atoms with Gasteiger partial charge in [0.05, 0.1) is 0 Å². The summed E-state index contributed by atoms with van der Waals surface area (Å²) in [4.78, 5) is 2.56. The normalized spacial score (nSPS) is 14.3. The Morgan fingerprint density at radius 1 is 0.941 bits per heavy atom. The number of nitrogens with zero attached hydrogens (tertiary/aromatic N) is 1. The Labute approximate surface area is 211 Å². The van der Waals surface area contributed by atoms with E-state index in [2.05, 4.69) is 111 Å². The van der Waals surface area contributed by atoms with Crippen LogP contribution >= 0.6 is 8.58 Å². The molecule has 0 N–H and O–H groups in total. The Kier molecular flexibility index (Phi) is 9.65. The molecule has 0 aliphatic carbocycles. The first-order chi connectivity index (χ1) is 15.8. The molecular formula is C30H48NO2P. The molecule has 0 fully saturated rings. The summed E-state index contributed by atoms with van der Waals surface area (Å²) in [5, 5.41) is 1.40. The van der Waals surface area contributed by atoms with Crippen molar-refractivity contribution in [2.75, 3.05) is 18.8 Å². The molecule has 4 heteroatoms. The third-order valence-corrected chi connectivity index (χ3v) is 8.78. The van der Waals surface area contributed by atoms with Gasteiger partial charge in [0, 0.05) is 41.2 Å². The van der Waals surface area contributed by atoms with Gasteiger partial charge in [0.25, 0.3) is 0 Å². The number of ether oxygens (including phenoxy) is 2. The fourth-order valence-electron chi connectivity index (χ4n) is 4.82. The van der Waals surface area contributed by atoms with Gasteiger partial charge in [-0.25, -0.2) is 0 Å². The molecule has 34 heavy (non-hydrogen) atoms. The van der Waals surface area contributed by atoms with Crippen molar-refractivity contribution in [3.63, 3.8) is 0 Å². The van der Waals surface area contributed by atoms with Gasteiger partial charge in [-0.15, -0.1) is 0 Å². The maximum atomic E-state index is 6.34. The molecule has 0 saturated carbocycles. The molecule has 0 aliphatic rings. The molecule has 3 nitrogen and oxygen atoms in total. The first-order valence-corrected chi connectivity index (χ1v) is 13.7. The molecule has 0 amide bonds. The van der Waals surface area contributed by atoms with Crippen LogP contribution in [0, 0.1) is 13.8 Å². The van der Waals surface area contributed by atoms with Gasteiger partial charge in [0.15, 0.2) is 6.79 Å². The Bertz CT molecular complexity index is 953. The monoisotopic (exact) mass is 485 g/mol. The summed E-state index contributed by atoms with van der Waals surface area (Å²) in [6.45, 7) is 25.4. The summed E-state index contributed by atoms with van der Waals surface area (Å²) in [6.07, 6.45) is 1.03. The van der Waals surface area contributed by atoms with Crippen molar-refractivity contribution in [2.24, 2.45) is 0 Å². The second-order valence-electron chi connectivity index (χ2n) is 11.4. The zero-order chi connectivity index (χ0) is 25.8. The van der Waals surface area contributed by atoms with Crippen molar-refractivity contribution in [1.29, 1.82) is 0 Å². The maximum absolute atomic E-state index is 6.34. The van der Waals surface area contributed by atoms with Crippen molar-refractivity contribution < 1.29 is 9.47 Å². The van der Waals surface area contributed by atoms with Crippen LogP contribution < -0.4 is 14.9 Å². The fraction of sp³-hybridized carbons (Fsp3) is 0.600. The van der Waals surface area contributed by atoms with E-state index >= 15 is 0 Å². The number of aryl methyl sites for hydroxylation is 2. The first kappa shape index (κ1) is 28.7. The Hall–Kier alpha value is -1.57. The molecule has 0 heterocycles. The largest absolute Gasteiger partial charge is 0.467 e. The maximum Gasteiger partial charge on any atom is 0.188 e. The zero-order valence-electron chi connectivity index (χ0n) is 23.7. The van der Waals surface area contributed by atoms with Crippen LogP contribution in [0.1, 0.15) is 91.0 Å². The van der Waals surface area contributed by atoms with Crippen LogP contribution in [0.15, 0.2) is 30.3 Å². The third kappa shape index (κ3) is 6.35. The lowest BCUT2D eigenvalue weighted by Gasteiger charge is -2.39. The van der Waals surface area contributed by atoms with E-state index in [1.165, 1.54) is 33.2 Å². The van der Waals surface area contributed by atoms with E-state index in [1.807, 2.05) is 0 Å². The lowest BCUT2D eigenvalue weighted by Crippen LogP contribution is -2.40. The van der Waals surface area contributed by atoms with E-state index in [1.54, 1.807) is 7.11 Å². The quantitative estimate of drug-likeness (QED) is 0.253. The molecule has 190 valence electrons. The van der Waals surface area contributed by atoms with E-state index in [-0.39, 0.29) is 17.4 Å². The third-order valence-electron chi connectivity index (χ3n) is 6.71. The number of hydrogen-bond donors (Lipinski definition) is 0. The molecule has 2 unspecified atom stereocenters. The molecule has 0 spiro atoms. The van der Waals surface area contributed by atoms with E-state index < -0.39 is 0 Å². The van der Waals surface area contributed by atoms with Gasteiger partial charge in [-0.3, -0.25) is 0 Å². The lowest BCUT2D eigenvalue weighted by atomic mass is 9.81. The molecule has 2 rings (SSSR count). The van der Waals surface area contributed by atoms with Gasteiger partial charge in [0.2, 0.25) is 0 Å². The highest BCUT2D eigenvalue weighted by molar-refractivity contribution is 7.49. The fourth-order valence-corrected chi connectivity index (χ4v) is 6.49. The molecule has 0 saturated heterocycles. The van der Waals surface area contributed by atoms with Crippen LogP contribution in [0.3, 0.4) is 0 Å². The molecule has 2 atom stereocenters. The summed E-state index contributed by atoms with van der Waals surface area (Å²) < 4.78 is 11.7. The molecular weight excluding hydrogens is 437 g/mol.